The second-order valence-electron chi connectivity index (χ2n) is 5.40. The molecule has 2 rings (SSSR count). The molecule has 1 unspecified atom stereocenters. The van der Waals surface area contributed by atoms with Crippen molar-refractivity contribution in [3.8, 4) is 0 Å². The maximum Gasteiger partial charge on any atom is 0.311 e. The molecular weight excluding hydrogens is 294 g/mol. The Morgan fingerprint density at radius 2 is 2.30 bits per heavy atom. The lowest BCUT2D eigenvalue weighted by atomic mass is 9.76. The van der Waals surface area contributed by atoms with Gasteiger partial charge in [0.05, 0.1) is 15.4 Å². The number of nitrogens with zero attached hydrogens (tertiary/aromatic N) is 1. The van der Waals surface area contributed by atoms with E-state index in [-0.39, 0.29) is 11.8 Å². The van der Waals surface area contributed by atoms with E-state index in [1.165, 1.54) is 11.8 Å². The first-order valence-corrected chi connectivity index (χ1v) is 8.50. The van der Waals surface area contributed by atoms with Gasteiger partial charge in [-0.25, -0.2) is 0 Å². The number of thioether (sulfide) groups is 1. The van der Waals surface area contributed by atoms with Crippen LogP contribution >= 0.6 is 23.1 Å². The maximum absolute atomic E-state index is 12.2. The number of carboxylic acids is 1. The molecule has 0 bridgehead atoms. The van der Waals surface area contributed by atoms with E-state index in [0.29, 0.717) is 25.3 Å². The van der Waals surface area contributed by atoms with E-state index in [2.05, 4.69) is 0 Å². The maximum atomic E-state index is 12.2. The topological polar surface area (TPSA) is 57.6 Å². The minimum Gasteiger partial charge on any atom is -0.481 e. The van der Waals surface area contributed by atoms with Gasteiger partial charge in [-0.05, 0) is 23.8 Å². The number of aliphatic carboxylic acids is 1. The van der Waals surface area contributed by atoms with Crippen molar-refractivity contribution in [2.24, 2.45) is 11.3 Å². The van der Waals surface area contributed by atoms with Crippen molar-refractivity contribution in [2.45, 2.75) is 24.5 Å². The Kier molecular flexibility index (Phi) is 4.75. The van der Waals surface area contributed by atoms with Gasteiger partial charge < -0.3 is 10.0 Å². The predicted octanol–water partition coefficient (Wildman–Crippen LogP) is 2.80. The van der Waals surface area contributed by atoms with Gasteiger partial charge in [-0.1, -0.05) is 19.9 Å². The molecule has 1 fully saturated rings. The van der Waals surface area contributed by atoms with Gasteiger partial charge in [0.1, 0.15) is 0 Å². The largest absolute Gasteiger partial charge is 0.481 e. The van der Waals surface area contributed by atoms with Gasteiger partial charge in [0.2, 0.25) is 5.91 Å². The summed E-state index contributed by atoms with van der Waals surface area (Å²) in [5, 5.41) is 11.5. The Morgan fingerprint density at radius 1 is 1.55 bits per heavy atom. The molecule has 1 aromatic heterocycles. The third kappa shape index (κ3) is 3.01. The van der Waals surface area contributed by atoms with Crippen molar-refractivity contribution in [2.75, 3.05) is 18.8 Å². The van der Waals surface area contributed by atoms with Crippen molar-refractivity contribution in [1.82, 2.24) is 4.90 Å². The zero-order valence-corrected chi connectivity index (χ0v) is 13.3. The molecule has 110 valence electrons. The highest BCUT2D eigenvalue weighted by Crippen LogP contribution is 2.38. The number of hydrogen-bond donors (Lipinski definition) is 1. The molecule has 1 aliphatic heterocycles. The number of carbonyl (C=O) groups excluding carboxylic acids is 1. The number of hydrogen-bond acceptors (Lipinski definition) is 4. The highest BCUT2D eigenvalue weighted by molar-refractivity contribution is 8.01. The van der Waals surface area contributed by atoms with E-state index >= 15 is 0 Å². The molecule has 20 heavy (non-hydrogen) atoms. The van der Waals surface area contributed by atoms with E-state index in [1.807, 2.05) is 31.4 Å². The molecule has 1 saturated heterocycles. The summed E-state index contributed by atoms with van der Waals surface area (Å²) in [7, 11) is 0. The smallest absolute Gasteiger partial charge is 0.311 e. The number of rotatable bonds is 5. The quantitative estimate of drug-likeness (QED) is 0.849. The molecule has 1 atom stereocenters. The normalized spacial score (nSPS) is 22.4. The summed E-state index contributed by atoms with van der Waals surface area (Å²) in [5.74, 6) is -0.336. The Balaban J connectivity index is 1.94. The van der Waals surface area contributed by atoms with E-state index in [1.54, 1.807) is 16.2 Å². The van der Waals surface area contributed by atoms with E-state index in [4.69, 9.17) is 0 Å². The summed E-state index contributed by atoms with van der Waals surface area (Å²) in [6, 6.07) is 3.95. The van der Waals surface area contributed by atoms with Crippen LogP contribution in [0.1, 0.15) is 20.3 Å². The molecule has 1 N–H and O–H groups in total. The van der Waals surface area contributed by atoms with Crippen LogP contribution < -0.4 is 0 Å². The molecule has 6 heteroatoms. The van der Waals surface area contributed by atoms with Crippen LogP contribution in [0.2, 0.25) is 0 Å². The number of carbonyl (C=O) groups is 2. The summed E-state index contributed by atoms with van der Waals surface area (Å²) in [6.45, 7) is 4.73. The molecule has 1 aliphatic rings. The summed E-state index contributed by atoms with van der Waals surface area (Å²) < 4.78 is 1.12. The zero-order valence-electron chi connectivity index (χ0n) is 11.7. The minimum atomic E-state index is -0.784. The van der Waals surface area contributed by atoms with Crippen molar-refractivity contribution < 1.29 is 14.7 Å². The van der Waals surface area contributed by atoms with Gasteiger partial charge in [0, 0.05) is 13.1 Å². The molecule has 0 saturated carbocycles. The average Bonchev–Trinajstić information content (AvgIpc) is 3.05. The fourth-order valence-electron chi connectivity index (χ4n) is 2.51. The monoisotopic (exact) mass is 313 g/mol. The van der Waals surface area contributed by atoms with Crippen LogP contribution in [0.15, 0.2) is 21.7 Å². The van der Waals surface area contributed by atoms with Gasteiger partial charge >= 0.3 is 5.97 Å². The van der Waals surface area contributed by atoms with Gasteiger partial charge in [-0.3, -0.25) is 9.59 Å². The first kappa shape index (κ1) is 15.4. The van der Waals surface area contributed by atoms with Gasteiger partial charge in [0.25, 0.3) is 0 Å². The van der Waals surface area contributed by atoms with Crippen LogP contribution in [0.5, 0.6) is 0 Å². The van der Waals surface area contributed by atoms with Gasteiger partial charge in [-0.15, -0.1) is 23.1 Å². The molecule has 2 heterocycles. The summed E-state index contributed by atoms with van der Waals surface area (Å²) >= 11 is 3.13. The van der Waals surface area contributed by atoms with Gasteiger partial charge in [0.15, 0.2) is 0 Å². The summed E-state index contributed by atoms with van der Waals surface area (Å²) in [6.07, 6.45) is 0.551. The third-order valence-electron chi connectivity index (χ3n) is 4.02. The molecule has 0 aromatic carbocycles. The first-order chi connectivity index (χ1) is 9.45. The summed E-state index contributed by atoms with van der Waals surface area (Å²) in [4.78, 5) is 25.4. The molecule has 1 aromatic rings. The number of carboxylic acid groups (broad SMARTS) is 1. The van der Waals surface area contributed by atoms with Crippen molar-refractivity contribution in [3.63, 3.8) is 0 Å². The Hall–Kier alpha value is -1.01. The van der Waals surface area contributed by atoms with Crippen LogP contribution in [-0.2, 0) is 9.59 Å². The fourth-order valence-corrected chi connectivity index (χ4v) is 4.20. The minimum absolute atomic E-state index is 0.0303. The highest BCUT2D eigenvalue weighted by Gasteiger charge is 2.48. The second-order valence-corrected chi connectivity index (χ2v) is 7.63. The van der Waals surface area contributed by atoms with E-state index in [9.17, 15) is 14.7 Å². The lowest BCUT2D eigenvalue weighted by Gasteiger charge is -2.28. The standard InChI is InChI=1S/C14H19NO3S2/c1-10(2)14(13(17)18)5-6-15(9-14)11(16)8-20-12-4-3-7-19-12/h3-4,7,10H,5-6,8-9H2,1-2H3,(H,17,18). The molecule has 0 radical (unpaired) electrons. The fraction of sp³-hybridized carbons (Fsp3) is 0.571. The van der Waals surface area contributed by atoms with Crippen LogP contribution in [0, 0.1) is 11.3 Å². The van der Waals surface area contributed by atoms with Crippen molar-refractivity contribution in [3.05, 3.63) is 17.5 Å². The molecule has 0 aliphatic carbocycles. The third-order valence-corrected chi connectivity index (χ3v) is 6.13. The molecular formula is C14H19NO3S2. The van der Waals surface area contributed by atoms with Crippen LogP contribution in [0.25, 0.3) is 0 Å². The number of amides is 1. The van der Waals surface area contributed by atoms with E-state index in [0.717, 1.165) is 4.21 Å². The van der Waals surface area contributed by atoms with Crippen LogP contribution in [-0.4, -0.2) is 40.7 Å². The number of likely N-dealkylation sites (tertiary alicyclic amines) is 1. The predicted molar refractivity (Wildman–Crippen MR) is 81.1 cm³/mol. The van der Waals surface area contributed by atoms with Crippen LogP contribution in [0.3, 0.4) is 0 Å². The molecule has 4 nitrogen and oxygen atoms in total. The number of thiophene rings is 1. The Morgan fingerprint density at radius 3 is 2.80 bits per heavy atom. The van der Waals surface area contributed by atoms with E-state index < -0.39 is 11.4 Å². The highest BCUT2D eigenvalue weighted by atomic mass is 32.2. The Labute approximate surface area is 127 Å². The molecule has 0 spiro atoms. The zero-order chi connectivity index (χ0) is 14.8. The lowest BCUT2D eigenvalue weighted by molar-refractivity contribution is -0.151. The second kappa shape index (κ2) is 6.18. The van der Waals surface area contributed by atoms with Crippen LogP contribution in [0.4, 0.5) is 0 Å². The summed E-state index contributed by atoms with van der Waals surface area (Å²) in [5.41, 5.74) is -0.775. The SMILES string of the molecule is CC(C)C1(C(=O)O)CCN(C(=O)CSc2cccs2)C1. The first-order valence-electron chi connectivity index (χ1n) is 6.63. The van der Waals surface area contributed by atoms with Crippen molar-refractivity contribution >= 4 is 35.0 Å². The van der Waals surface area contributed by atoms with Gasteiger partial charge in [-0.2, -0.15) is 0 Å². The average molecular weight is 313 g/mol. The van der Waals surface area contributed by atoms with Crippen molar-refractivity contribution in [1.29, 1.82) is 0 Å². The lowest BCUT2D eigenvalue weighted by Crippen LogP contribution is -2.41. The Bertz CT molecular complexity index is 487. The molecule has 1 amide bonds.